The summed E-state index contributed by atoms with van der Waals surface area (Å²) < 4.78 is 25.3. The van der Waals surface area contributed by atoms with Crippen molar-refractivity contribution in [3.63, 3.8) is 0 Å². The first-order chi connectivity index (χ1) is 13.1. The SMILES string of the molecule is COc1ccc(C2c3ccc(O)cc3OCC2c2ccc(O)cc2)cc1F. The number of rotatable bonds is 3. The Morgan fingerprint density at radius 3 is 2.33 bits per heavy atom. The third kappa shape index (κ3) is 3.16. The van der Waals surface area contributed by atoms with Crippen LogP contribution in [0.1, 0.15) is 28.5 Å². The molecule has 0 aliphatic carbocycles. The van der Waals surface area contributed by atoms with E-state index in [1.807, 2.05) is 24.3 Å². The second kappa shape index (κ2) is 6.83. The molecule has 1 aliphatic heterocycles. The smallest absolute Gasteiger partial charge is 0.165 e. The number of aromatic hydroxyl groups is 2. The second-order valence-corrected chi connectivity index (χ2v) is 6.60. The number of methoxy groups -OCH3 is 1. The predicted octanol–water partition coefficient (Wildman–Crippen LogP) is 4.55. The monoisotopic (exact) mass is 366 g/mol. The van der Waals surface area contributed by atoms with Gasteiger partial charge in [-0.25, -0.2) is 4.39 Å². The Morgan fingerprint density at radius 1 is 0.926 bits per heavy atom. The zero-order valence-corrected chi connectivity index (χ0v) is 14.7. The number of hydrogen-bond acceptors (Lipinski definition) is 4. The van der Waals surface area contributed by atoms with Crippen LogP contribution >= 0.6 is 0 Å². The Morgan fingerprint density at radius 2 is 1.63 bits per heavy atom. The number of phenols is 2. The summed E-state index contributed by atoms with van der Waals surface area (Å²) in [6.45, 7) is 0.375. The lowest BCUT2D eigenvalue weighted by molar-refractivity contribution is 0.247. The van der Waals surface area contributed by atoms with Crippen molar-refractivity contribution in [2.24, 2.45) is 0 Å². The molecule has 1 heterocycles. The fourth-order valence-corrected chi connectivity index (χ4v) is 3.70. The van der Waals surface area contributed by atoms with Crippen LogP contribution < -0.4 is 9.47 Å². The van der Waals surface area contributed by atoms with E-state index in [-0.39, 0.29) is 29.1 Å². The molecule has 1 aliphatic rings. The maximum atomic E-state index is 14.4. The molecule has 0 amide bonds. The van der Waals surface area contributed by atoms with Gasteiger partial charge < -0.3 is 19.7 Å². The minimum absolute atomic E-state index is 0.0737. The zero-order valence-electron chi connectivity index (χ0n) is 14.7. The molecule has 0 fully saturated rings. The van der Waals surface area contributed by atoms with Crippen LogP contribution in [-0.2, 0) is 0 Å². The molecule has 2 unspecified atom stereocenters. The average molecular weight is 366 g/mol. The van der Waals surface area contributed by atoms with Crippen LogP contribution in [-0.4, -0.2) is 23.9 Å². The Balaban J connectivity index is 1.85. The Labute approximate surface area is 156 Å². The molecule has 138 valence electrons. The van der Waals surface area contributed by atoms with Gasteiger partial charge in [0.15, 0.2) is 11.6 Å². The first-order valence-electron chi connectivity index (χ1n) is 8.65. The van der Waals surface area contributed by atoms with Gasteiger partial charge in [0.25, 0.3) is 0 Å². The molecule has 2 N–H and O–H groups in total. The van der Waals surface area contributed by atoms with Gasteiger partial charge in [-0.05, 0) is 41.5 Å². The highest BCUT2D eigenvalue weighted by molar-refractivity contribution is 5.51. The lowest BCUT2D eigenvalue weighted by atomic mass is 9.76. The Bertz CT molecular complexity index is 969. The van der Waals surface area contributed by atoms with Crippen LogP contribution in [0.25, 0.3) is 0 Å². The predicted molar refractivity (Wildman–Crippen MR) is 99.2 cm³/mol. The van der Waals surface area contributed by atoms with E-state index in [1.165, 1.54) is 13.2 Å². The largest absolute Gasteiger partial charge is 0.508 e. The van der Waals surface area contributed by atoms with Crippen LogP contribution in [0, 0.1) is 5.82 Å². The Kier molecular flexibility index (Phi) is 4.36. The summed E-state index contributed by atoms with van der Waals surface area (Å²) in [6.07, 6.45) is 0. The van der Waals surface area contributed by atoms with E-state index >= 15 is 0 Å². The summed E-state index contributed by atoms with van der Waals surface area (Å²) in [7, 11) is 1.43. The number of fused-ring (bicyclic) bond motifs is 1. The van der Waals surface area contributed by atoms with Crippen molar-refractivity contribution >= 4 is 0 Å². The minimum atomic E-state index is -0.425. The number of benzene rings is 3. The molecule has 4 nitrogen and oxygen atoms in total. The van der Waals surface area contributed by atoms with E-state index < -0.39 is 5.82 Å². The van der Waals surface area contributed by atoms with Gasteiger partial charge in [0.1, 0.15) is 17.2 Å². The second-order valence-electron chi connectivity index (χ2n) is 6.60. The first kappa shape index (κ1) is 17.2. The highest BCUT2D eigenvalue weighted by Gasteiger charge is 2.34. The van der Waals surface area contributed by atoms with Crippen LogP contribution in [0.3, 0.4) is 0 Å². The molecule has 3 aromatic carbocycles. The van der Waals surface area contributed by atoms with Gasteiger partial charge in [0.2, 0.25) is 0 Å². The van der Waals surface area contributed by atoms with Crippen LogP contribution in [0.15, 0.2) is 60.7 Å². The lowest BCUT2D eigenvalue weighted by Gasteiger charge is -2.34. The molecule has 4 rings (SSSR count). The zero-order chi connectivity index (χ0) is 19.0. The topological polar surface area (TPSA) is 58.9 Å². The van der Waals surface area contributed by atoms with E-state index in [4.69, 9.17) is 9.47 Å². The maximum absolute atomic E-state index is 14.4. The van der Waals surface area contributed by atoms with Crippen LogP contribution in [0.4, 0.5) is 4.39 Å². The lowest BCUT2D eigenvalue weighted by Crippen LogP contribution is -2.25. The summed E-state index contributed by atoms with van der Waals surface area (Å²) in [4.78, 5) is 0. The average Bonchev–Trinajstić information content (AvgIpc) is 2.67. The minimum Gasteiger partial charge on any atom is -0.508 e. The van der Waals surface area contributed by atoms with Gasteiger partial charge in [-0.2, -0.15) is 0 Å². The number of hydrogen-bond donors (Lipinski definition) is 2. The van der Waals surface area contributed by atoms with Crippen molar-refractivity contribution in [3.8, 4) is 23.0 Å². The molecule has 0 saturated heterocycles. The number of halogens is 1. The summed E-state index contributed by atoms with van der Waals surface area (Å²) in [6, 6.07) is 16.9. The number of phenolic OH excluding ortho intramolecular Hbond substituents is 2. The van der Waals surface area contributed by atoms with Gasteiger partial charge in [0.05, 0.1) is 13.7 Å². The van der Waals surface area contributed by atoms with E-state index in [9.17, 15) is 14.6 Å². The van der Waals surface area contributed by atoms with Crippen molar-refractivity contribution < 1.29 is 24.1 Å². The molecule has 0 radical (unpaired) electrons. The summed E-state index contributed by atoms with van der Waals surface area (Å²) >= 11 is 0. The third-order valence-electron chi connectivity index (χ3n) is 5.01. The molecule has 0 bridgehead atoms. The fraction of sp³-hybridized carbons (Fsp3) is 0.182. The van der Waals surface area contributed by atoms with Gasteiger partial charge >= 0.3 is 0 Å². The summed E-state index contributed by atoms with van der Waals surface area (Å²) in [5.41, 5.74) is 2.65. The fourth-order valence-electron chi connectivity index (χ4n) is 3.70. The van der Waals surface area contributed by atoms with E-state index in [2.05, 4.69) is 0 Å². The van der Waals surface area contributed by atoms with Crippen LogP contribution in [0.5, 0.6) is 23.0 Å². The Hall–Kier alpha value is -3.21. The molecule has 0 aromatic heterocycles. The van der Waals surface area contributed by atoms with Crippen molar-refractivity contribution in [2.75, 3.05) is 13.7 Å². The summed E-state index contributed by atoms with van der Waals surface area (Å²) in [5, 5.41) is 19.4. The van der Waals surface area contributed by atoms with Crippen molar-refractivity contribution in [2.45, 2.75) is 11.8 Å². The van der Waals surface area contributed by atoms with Crippen molar-refractivity contribution in [1.29, 1.82) is 0 Å². The van der Waals surface area contributed by atoms with Gasteiger partial charge in [-0.1, -0.05) is 24.3 Å². The molecule has 0 spiro atoms. The van der Waals surface area contributed by atoms with E-state index in [1.54, 1.807) is 30.3 Å². The highest BCUT2D eigenvalue weighted by Crippen LogP contribution is 2.47. The highest BCUT2D eigenvalue weighted by atomic mass is 19.1. The van der Waals surface area contributed by atoms with Crippen molar-refractivity contribution in [3.05, 3.63) is 83.2 Å². The molecule has 0 saturated carbocycles. The third-order valence-corrected chi connectivity index (χ3v) is 5.01. The normalized spacial score (nSPS) is 18.4. The maximum Gasteiger partial charge on any atom is 0.165 e. The first-order valence-corrected chi connectivity index (χ1v) is 8.65. The van der Waals surface area contributed by atoms with E-state index in [0.29, 0.717) is 12.4 Å². The molecular weight excluding hydrogens is 347 g/mol. The standard InChI is InChI=1S/C22H19FO4/c1-26-20-9-4-14(10-19(20)23)22-17-8-7-16(25)11-21(17)27-12-18(22)13-2-5-15(24)6-3-13/h2-11,18,22,24-25H,12H2,1H3. The van der Waals surface area contributed by atoms with E-state index in [0.717, 1.165) is 16.7 Å². The summed E-state index contributed by atoms with van der Waals surface area (Å²) in [5.74, 6) is 0.425. The van der Waals surface area contributed by atoms with Crippen molar-refractivity contribution in [1.82, 2.24) is 0 Å². The quantitative estimate of drug-likeness (QED) is 0.714. The van der Waals surface area contributed by atoms with Gasteiger partial charge in [-0.3, -0.25) is 0 Å². The number of ether oxygens (including phenoxy) is 2. The van der Waals surface area contributed by atoms with Crippen LogP contribution in [0.2, 0.25) is 0 Å². The van der Waals surface area contributed by atoms with Gasteiger partial charge in [0, 0.05) is 23.5 Å². The molecular formula is C22H19FO4. The molecule has 3 aromatic rings. The molecule has 2 atom stereocenters. The molecule has 5 heteroatoms. The van der Waals surface area contributed by atoms with Gasteiger partial charge in [-0.15, -0.1) is 0 Å². The molecule has 27 heavy (non-hydrogen) atoms.